The van der Waals surface area contributed by atoms with Gasteiger partial charge in [-0.15, -0.1) is 11.3 Å². The van der Waals surface area contributed by atoms with Gasteiger partial charge in [-0.05, 0) is 89.3 Å². The van der Waals surface area contributed by atoms with Crippen LogP contribution >= 0.6 is 27.3 Å². The number of hydrogen-bond donors (Lipinski definition) is 0. The van der Waals surface area contributed by atoms with Crippen molar-refractivity contribution >= 4 is 97.1 Å². The normalized spacial score (nSPS) is 11.7. The van der Waals surface area contributed by atoms with Gasteiger partial charge in [-0.3, -0.25) is 0 Å². The van der Waals surface area contributed by atoms with Gasteiger partial charge in [-0.25, -0.2) is 0 Å². The molecule has 4 heteroatoms. The fourth-order valence-corrected chi connectivity index (χ4v) is 9.12. The van der Waals surface area contributed by atoms with Crippen molar-refractivity contribution < 1.29 is 0 Å². The number of benzene rings is 8. The van der Waals surface area contributed by atoms with Gasteiger partial charge < -0.3 is 9.47 Å². The molecule has 2 aromatic heterocycles. The molecule has 10 rings (SSSR count). The zero-order valence-corrected chi connectivity index (χ0v) is 29.3. The van der Waals surface area contributed by atoms with Crippen molar-refractivity contribution in [3.63, 3.8) is 0 Å². The first kappa shape index (κ1) is 29.3. The first-order chi connectivity index (χ1) is 24.7. The number of anilines is 3. The highest BCUT2D eigenvalue weighted by Crippen LogP contribution is 2.43. The van der Waals surface area contributed by atoms with E-state index in [-0.39, 0.29) is 0 Å². The number of hydrogen-bond acceptors (Lipinski definition) is 2. The van der Waals surface area contributed by atoms with Crippen LogP contribution in [0.4, 0.5) is 17.1 Å². The lowest BCUT2D eigenvalue weighted by atomic mass is 10.0. The zero-order valence-electron chi connectivity index (χ0n) is 26.9. The van der Waals surface area contributed by atoms with Crippen LogP contribution in [0.1, 0.15) is 0 Å². The second-order valence-electron chi connectivity index (χ2n) is 12.7. The molecule has 0 aliphatic rings. The molecule has 0 atom stereocenters. The van der Waals surface area contributed by atoms with Crippen molar-refractivity contribution in [2.45, 2.75) is 0 Å². The van der Waals surface area contributed by atoms with Crippen LogP contribution in [0.3, 0.4) is 0 Å². The van der Waals surface area contributed by atoms with Crippen LogP contribution in [0.2, 0.25) is 0 Å². The predicted octanol–water partition coefficient (Wildman–Crippen LogP) is 14.2. The summed E-state index contributed by atoms with van der Waals surface area (Å²) in [6.45, 7) is 0. The number of para-hydroxylation sites is 2. The molecule has 10 aromatic rings. The Kier molecular flexibility index (Phi) is 6.86. The van der Waals surface area contributed by atoms with Gasteiger partial charge in [0, 0.05) is 57.9 Å². The van der Waals surface area contributed by atoms with E-state index in [4.69, 9.17) is 0 Å². The maximum Gasteiger partial charge on any atom is 0.0541 e. The number of aromatic nitrogens is 1. The van der Waals surface area contributed by atoms with Crippen LogP contribution in [-0.2, 0) is 0 Å². The minimum atomic E-state index is 1.05. The van der Waals surface area contributed by atoms with E-state index in [1.54, 1.807) is 0 Å². The van der Waals surface area contributed by atoms with Crippen molar-refractivity contribution in [1.82, 2.24) is 4.57 Å². The minimum absolute atomic E-state index is 1.05. The summed E-state index contributed by atoms with van der Waals surface area (Å²) in [5.41, 5.74) is 9.27. The molecule has 0 N–H and O–H groups in total. The number of nitrogens with zero attached hydrogens (tertiary/aromatic N) is 2. The Balaban J connectivity index is 1.12. The maximum atomic E-state index is 3.86. The summed E-state index contributed by atoms with van der Waals surface area (Å²) in [6.07, 6.45) is 0. The summed E-state index contributed by atoms with van der Waals surface area (Å²) in [5, 5.41) is 7.55. The predicted molar refractivity (Wildman–Crippen MR) is 219 cm³/mol. The summed E-state index contributed by atoms with van der Waals surface area (Å²) < 4.78 is 6.04. The van der Waals surface area contributed by atoms with E-state index < -0.39 is 0 Å². The third-order valence-electron chi connectivity index (χ3n) is 9.81. The van der Waals surface area contributed by atoms with Gasteiger partial charge in [0.25, 0.3) is 0 Å². The maximum absolute atomic E-state index is 3.86. The van der Waals surface area contributed by atoms with Crippen LogP contribution in [0.5, 0.6) is 0 Å². The molecule has 0 bridgehead atoms. The van der Waals surface area contributed by atoms with E-state index in [0.717, 1.165) is 38.3 Å². The molecule has 0 aliphatic heterocycles. The lowest BCUT2D eigenvalue weighted by molar-refractivity contribution is 1.18. The molecule has 0 amide bonds. The summed E-state index contributed by atoms with van der Waals surface area (Å²) >= 11 is 5.71. The average Bonchev–Trinajstić information content (AvgIpc) is 3.71. The lowest BCUT2D eigenvalue weighted by Crippen LogP contribution is -2.10. The van der Waals surface area contributed by atoms with Gasteiger partial charge in [-0.2, -0.15) is 0 Å². The van der Waals surface area contributed by atoms with Crippen molar-refractivity contribution in [2.24, 2.45) is 0 Å². The summed E-state index contributed by atoms with van der Waals surface area (Å²) in [7, 11) is 0. The van der Waals surface area contributed by atoms with E-state index in [1.165, 1.54) is 52.8 Å². The third kappa shape index (κ3) is 4.75. The SMILES string of the molecule is Brc1cc(-c2ccc(N(c3ccc4sc5ccccc5c4c3)c3cccc4ccccc34)cc2)cc(-n2c3ccccc3c3ccccc32)c1. The van der Waals surface area contributed by atoms with E-state index >= 15 is 0 Å². The van der Waals surface area contributed by atoms with E-state index in [2.05, 4.69) is 201 Å². The van der Waals surface area contributed by atoms with E-state index in [1.807, 2.05) is 11.3 Å². The van der Waals surface area contributed by atoms with Gasteiger partial charge in [0.15, 0.2) is 0 Å². The topological polar surface area (TPSA) is 8.17 Å². The molecule has 0 spiro atoms. The quantitative estimate of drug-likeness (QED) is 0.172. The van der Waals surface area contributed by atoms with Crippen molar-refractivity contribution in [1.29, 1.82) is 0 Å². The number of thiophene rings is 1. The van der Waals surface area contributed by atoms with Crippen molar-refractivity contribution in [3.05, 3.63) is 180 Å². The Bertz CT molecular complexity index is 2840. The number of fused-ring (bicyclic) bond motifs is 7. The largest absolute Gasteiger partial charge is 0.310 e. The summed E-state index contributed by atoms with van der Waals surface area (Å²) in [6, 6.07) is 63.9. The first-order valence-electron chi connectivity index (χ1n) is 16.8. The van der Waals surface area contributed by atoms with Gasteiger partial charge in [0.2, 0.25) is 0 Å². The third-order valence-corrected chi connectivity index (χ3v) is 11.4. The molecule has 0 radical (unpaired) electrons. The molecule has 2 heterocycles. The highest BCUT2D eigenvalue weighted by atomic mass is 79.9. The zero-order chi connectivity index (χ0) is 33.2. The van der Waals surface area contributed by atoms with Gasteiger partial charge in [-0.1, -0.05) is 119 Å². The monoisotopic (exact) mass is 720 g/mol. The van der Waals surface area contributed by atoms with Crippen molar-refractivity contribution in [3.8, 4) is 16.8 Å². The Labute approximate surface area is 302 Å². The molecule has 0 fully saturated rings. The molecule has 236 valence electrons. The smallest absolute Gasteiger partial charge is 0.0541 e. The molecule has 0 saturated carbocycles. The molecular weight excluding hydrogens is 692 g/mol. The van der Waals surface area contributed by atoms with Crippen LogP contribution < -0.4 is 4.90 Å². The average molecular weight is 722 g/mol. The fourth-order valence-electron chi connectivity index (χ4n) is 7.56. The highest BCUT2D eigenvalue weighted by Gasteiger charge is 2.18. The molecular formula is C46H29BrN2S. The summed E-state index contributed by atoms with van der Waals surface area (Å²) in [5.74, 6) is 0. The Hall–Kier alpha value is -5.68. The van der Waals surface area contributed by atoms with E-state index in [9.17, 15) is 0 Å². The Morgan fingerprint density at radius 1 is 0.440 bits per heavy atom. The van der Waals surface area contributed by atoms with Gasteiger partial charge in [0.05, 0.1) is 16.7 Å². The van der Waals surface area contributed by atoms with Crippen LogP contribution in [0.25, 0.3) is 69.6 Å². The first-order valence-corrected chi connectivity index (χ1v) is 18.4. The van der Waals surface area contributed by atoms with Crippen molar-refractivity contribution in [2.75, 3.05) is 4.90 Å². The second-order valence-corrected chi connectivity index (χ2v) is 14.7. The number of halogens is 1. The summed E-state index contributed by atoms with van der Waals surface area (Å²) in [4.78, 5) is 2.41. The van der Waals surface area contributed by atoms with Gasteiger partial charge in [0.1, 0.15) is 0 Å². The van der Waals surface area contributed by atoms with Crippen LogP contribution in [0.15, 0.2) is 180 Å². The Morgan fingerprint density at radius 2 is 1.06 bits per heavy atom. The fraction of sp³-hybridized carbons (Fsp3) is 0. The molecule has 0 aliphatic carbocycles. The standard InChI is InChI=1S/C46H29BrN2S/c47-33-26-32(27-36(28-33)49-43-16-6-3-13-38(43)39-14-4-7-17-44(39)49)30-20-22-34(23-21-30)48(42-18-9-11-31-10-1-2-12-37(31)42)35-24-25-46-41(29-35)40-15-5-8-19-45(40)50-46/h1-29H. The van der Waals surface area contributed by atoms with Crippen LogP contribution in [0, 0.1) is 0 Å². The number of rotatable bonds is 5. The molecule has 0 unspecified atom stereocenters. The minimum Gasteiger partial charge on any atom is -0.310 e. The molecule has 8 aromatic carbocycles. The highest BCUT2D eigenvalue weighted by molar-refractivity contribution is 9.10. The van der Waals surface area contributed by atoms with Gasteiger partial charge >= 0.3 is 0 Å². The molecule has 2 nitrogen and oxygen atoms in total. The molecule has 0 saturated heterocycles. The molecule has 50 heavy (non-hydrogen) atoms. The Morgan fingerprint density at radius 3 is 1.84 bits per heavy atom. The lowest BCUT2D eigenvalue weighted by Gasteiger charge is -2.27. The van der Waals surface area contributed by atoms with Crippen LogP contribution in [-0.4, -0.2) is 4.57 Å². The second kappa shape index (κ2) is 11.7. The van der Waals surface area contributed by atoms with E-state index in [0.29, 0.717) is 0 Å².